The third-order valence-corrected chi connectivity index (χ3v) is 6.06. The number of halogens is 3. The number of ether oxygens (including phenoxy) is 1. The molecular weight excluding hydrogens is 537 g/mol. The summed E-state index contributed by atoms with van der Waals surface area (Å²) in [5, 5.41) is 21.0. The molecule has 1 aromatic heterocycles. The van der Waals surface area contributed by atoms with E-state index in [1.165, 1.54) is 31.1 Å². The minimum atomic E-state index is -4.57. The van der Waals surface area contributed by atoms with E-state index in [9.17, 15) is 37.5 Å². The molecule has 4 N–H and O–H groups in total. The van der Waals surface area contributed by atoms with Gasteiger partial charge in [0.05, 0.1) is 24.6 Å². The van der Waals surface area contributed by atoms with Gasteiger partial charge in [0.2, 0.25) is 17.7 Å². The number of alkyl halides is 3. The second-order valence-corrected chi connectivity index (χ2v) is 9.23. The molecule has 1 aliphatic rings. The summed E-state index contributed by atoms with van der Waals surface area (Å²) in [6.45, 7) is 1.53. The topological polar surface area (TPSA) is 155 Å². The first-order valence-corrected chi connectivity index (χ1v) is 12.5. The highest BCUT2D eigenvalue weighted by atomic mass is 19.4. The Bertz CT molecular complexity index is 1220. The Morgan fingerprint density at radius 3 is 2.62 bits per heavy atom. The molecule has 0 bridgehead atoms. The number of hydrogen-bond donors (Lipinski definition) is 4. The lowest BCUT2D eigenvalue weighted by Gasteiger charge is -2.28. The van der Waals surface area contributed by atoms with Gasteiger partial charge in [0.15, 0.2) is 5.69 Å². The van der Waals surface area contributed by atoms with E-state index in [1.54, 1.807) is 18.2 Å². The van der Waals surface area contributed by atoms with Gasteiger partial charge in [0.1, 0.15) is 24.4 Å². The Kier molecular flexibility index (Phi) is 10.1. The number of para-hydroxylation sites is 1. The first-order chi connectivity index (χ1) is 18.9. The van der Waals surface area contributed by atoms with Crippen molar-refractivity contribution in [3.8, 4) is 5.75 Å². The Labute approximate surface area is 227 Å². The molecule has 0 saturated carbocycles. The maximum absolute atomic E-state index is 13.1. The zero-order valence-corrected chi connectivity index (χ0v) is 21.9. The second kappa shape index (κ2) is 13.3. The zero-order chi connectivity index (χ0) is 29.4. The quantitative estimate of drug-likeness (QED) is 0.366. The monoisotopic (exact) mass is 568 g/mol. The number of nitrogens with one attached hydrogen (secondary N) is 3. The molecule has 0 radical (unpaired) electrons. The van der Waals surface area contributed by atoms with Crippen LogP contribution in [-0.2, 0) is 27.1 Å². The van der Waals surface area contributed by atoms with Crippen molar-refractivity contribution in [3.63, 3.8) is 0 Å². The van der Waals surface area contributed by atoms with Crippen LogP contribution in [0.25, 0.3) is 0 Å². The highest BCUT2D eigenvalue weighted by Gasteiger charge is 2.34. The van der Waals surface area contributed by atoms with Crippen LogP contribution in [0.2, 0.25) is 0 Å². The van der Waals surface area contributed by atoms with Crippen LogP contribution >= 0.6 is 0 Å². The van der Waals surface area contributed by atoms with Gasteiger partial charge in [0.25, 0.3) is 5.91 Å². The second-order valence-electron chi connectivity index (χ2n) is 9.23. The molecule has 2 aromatic rings. The average Bonchev–Trinajstić information content (AvgIpc) is 3.38. The Morgan fingerprint density at radius 1 is 1.23 bits per heavy atom. The summed E-state index contributed by atoms with van der Waals surface area (Å²) in [4.78, 5) is 53.0. The largest absolute Gasteiger partial charge is 0.491 e. The average molecular weight is 569 g/mol. The standard InChI is InChI=1S/C25H31F3N6O6/c1-15(35)21-24(39)33(2)12-13-40-18-7-4-3-6-16(18)22(37)30-17(14-20(36)31-21)23(38)29-9-5-10-34-11-8-19(32-34)25(26,27)28/h3-4,6-8,11,15,17,21,35H,5,9-10,12-14H2,1-2H3,(H,29,38)(H,30,37)(H,31,36)/t15-,17+,21+/m1/s1. The predicted molar refractivity (Wildman–Crippen MR) is 134 cm³/mol. The lowest BCUT2D eigenvalue weighted by Crippen LogP contribution is -2.55. The molecule has 40 heavy (non-hydrogen) atoms. The van der Waals surface area contributed by atoms with Gasteiger partial charge in [-0.25, -0.2) is 0 Å². The fourth-order valence-electron chi connectivity index (χ4n) is 3.89. The van der Waals surface area contributed by atoms with E-state index in [2.05, 4.69) is 21.0 Å². The number of nitrogens with zero attached hydrogens (tertiary/aromatic N) is 3. The number of aliphatic hydroxyl groups is 1. The molecular formula is C25H31F3N6O6. The van der Waals surface area contributed by atoms with Gasteiger partial charge >= 0.3 is 6.18 Å². The number of benzene rings is 1. The molecule has 0 unspecified atom stereocenters. The summed E-state index contributed by atoms with van der Waals surface area (Å²) in [6, 6.07) is 4.41. The minimum Gasteiger partial charge on any atom is -0.491 e. The summed E-state index contributed by atoms with van der Waals surface area (Å²) >= 11 is 0. The van der Waals surface area contributed by atoms with Crippen LogP contribution in [0, 0.1) is 0 Å². The van der Waals surface area contributed by atoms with Crippen molar-refractivity contribution in [2.24, 2.45) is 0 Å². The van der Waals surface area contributed by atoms with Crippen LogP contribution in [0.3, 0.4) is 0 Å². The van der Waals surface area contributed by atoms with Crippen LogP contribution in [0.4, 0.5) is 13.2 Å². The molecule has 4 amide bonds. The molecule has 2 heterocycles. The van der Waals surface area contributed by atoms with Crippen molar-refractivity contribution >= 4 is 23.6 Å². The van der Waals surface area contributed by atoms with Gasteiger partial charge in [0, 0.05) is 26.3 Å². The molecule has 218 valence electrons. The van der Waals surface area contributed by atoms with Crippen molar-refractivity contribution in [2.45, 2.75) is 50.7 Å². The maximum Gasteiger partial charge on any atom is 0.435 e. The Balaban J connectivity index is 1.74. The number of carbonyl (C=O) groups is 4. The highest BCUT2D eigenvalue weighted by Crippen LogP contribution is 2.27. The number of amides is 4. The van der Waals surface area contributed by atoms with Crippen molar-refractivity contribution < 1.29 is 42.2 Å². The first-order valence-electron chi connectivity index (χ1n) is 12.5. The molecule has 12 nitrogen and oxygen atoms in total. The SMILES string of the molecule is C[C@@H](O)[C@@H]1NC(=O)C[C@@H](C(=O)NCCCn2ccc(C(F)(F)F)n2)NC(=O)c2ccccc2OCCN(C)C1=O. The van der Waals surface area contributed by atoms with Crippen LogP contribution in [0.1, 0.15) is 35.8 Å². The summed E-state index contributed by atoms with van der Waals surface area (Å²) in [7, 11) is 1.47. The van der Waals surface area contributed by atoms with Crippen molar-refractivity contribution in [3.05, 3.63) is 47.8 Å². The van der Waals surface area contributed by atoms with Gasteiger partial charge in [-0.15, -0.1) is 0 Å². The molecule has 3 rings (SSSR count). The van der Waals surface area contributed by atoms with E-state index < -0.39 is 60.1 Å². The van der Waals surface area contributed by atoms with E-state index in [-0.39, 0.29) is 44.0 Å². The van der Waals surface area contributed by atoms with Gasteiger partial charge in [-0.2, -0.15) is 18.3 Å². The predicted octanol–water partition coefficient (Wildman–Crippen LogP) is 0.313. The van der Waals surface area contributed by atoms with E-state index >= 15 is 0 Å². The highest BCUT2D eigenvalue weighted by molar-refractivity contribution is 6.01. The van der Waals surface area contributed by atoms with E-state index in [1.807, 2.05) is 0 Å². The van der Waals surface area contributed by atoms with Gasteiger partial charge in [-0.1, -0.05) is 12.1 Å². The van der Waals surface area contributed by atoms with Gasteiger partial charge in [-0.3, -0.25) is 23.9 Å². The normalized spacial score (nSPS) is 19.9. The molecule has 15 heteroatoms. The number of aliphatic hydroxyl groups excluding tert-OH is 1. The van der Waals surface area contributed by atoms with E-state index in [0.29, 0.717) is 0 Å². The molecule has 3 atom stereocenters. The molecule has 0 spiro atoms. The zero-order valence-electron chi connectivity index (χ0n) is 21.9. The summed E-state index contributed by atoms with van der Waals surface area (Å²) in [6.07, 6.45) is -5.01. The van der Waals surface area contributed by atoms with Crippen molar-refractivity contribution in [1.82, 2.24) is 30.6 Å². The van der Waals surface area contributed by atoms with Crippen LogP contribution in [0.5, 0.6) is 5.75 Å². The number of aryl methyl sites for hydroxylation is 1. The Morgan fingerprint density at radius 2 is 1.95 bits per heavy atom. The summed E-state index contributed by atoms with van der Waals surface area (Å²) in [5.74, 6) is -2.57. The van der Waals surface area contributed by atoms with Gasteiger partial charge < -0.3 is 30.7 Å². The molecule has 0 aliphatic carbocycles. The smallest absolute Gasteiger partial charge is 0.435 e. The molecule has 0 fully saturated rings. The van der Waals surface area contributed by atoms with Gasteiger partial charge in [-0.05, 0) is 31.5 Å². The lowest BCUT2D eigenvalue weighted by molar-refractivity contribution is -0.141. The summed E-state index contributed by atoms with van der Waals surface area (Å²) < 4.78 is 45.0. The number of rotatable bonds is 6. The molecule has 0 saturated heterocycles. The fraction of sp³-hybridized carbons (Fsp3) is 0.480. The van der Waals surface area contributed by atoms with Crippen molar-refractivity contribution in [2.75, 3.05) is 26.7 Å². The third kappa shape index (κ3) is 8.18. The number of fused-ring (bicyclic) bond motifs is 1. The van der Waals surface area contributed by atoms with Crippen molar-refractivity contribution in [1.29, 1.82) is 0 Å². The first kappa shape index (κ1) is 30.4. The number of carbonyl (C=O) groups excluding carboxylic acids is 4. The number of likely N-dealkylation sites (N-methyl/N-ethyl adjacent to an activating group) is 1. The lowest BCUT2D eigenvalue weighted by atomic mass is 10.1. The molecule has 1 aromatic carbocycles. The van der Waals surface area contributed by atoms with E-state index in [0.717, 1.165) is 10.7 Å². The number of aromatic nitrogens is 2. The van der Waals surface area contributed by atoms with Crippen LogP contribution < -0.4 is 20.7 Å². The minimum absolute atomic E-state index is 0.00725. The van der Waals surface area contributed by atoms with Crippen LogP contribution in [0.15, 0.2) is 36.5 Å². The number of hydrogen-bond acceptors (Lipinski definition) is 7. The Hall–Kier alpha value is -4.14. The molecule has 1 aliphatic heterocycles. The summed E-state index contributed by atoms with van der Waals surface area (Å²) in [5.41, 5.74) is -0.929. The maximum atomic E-state index is 13.1. The fourth-order valence-corrected chi connectivity index (χ4v) is 3.89. The van der Waals surface area contributed by atoms with E-state index in [4.69, 9.17) is 4.74 Å². The van der Waals surface area contributed by atoms with Crippen LogP contribution in [-0.4, -0.2) is 88.3 Å². The third-order valence-electron chi connectivity index (χ3n) is 6.06.